The number of hydrogen-bond donors (Lipinski definition) is 1. The monoisotopic (exact) mass is 112 g/mol. The quantitative estimate of drug-likeness (QED) is 0.537. The first-order chi connectivity index (χ1) is 3.56. The topological polar surface area (TPSA) is 20.2 Å². The standard InChI is InChI=1S/C7H12O/c1-4-5-6-7(2,3)8/h4-6,8H,1H2,2-3H3. The molecule has 0 fully saturated rings. The minimum absolute atomic E-state index is 0.700. The van der Waals surface area contributed by atoms with Gasteiger partial charge in [-0.1, -0.05) is 24.8 Å². The second kappa shape index (κ2) is 2.68. The summed E-state index contributed by atoms with van der Waals surface area (Å²) in [4.78, 5) is 0. The molecule has 0 unspecified atom stereocenters. The fraction of sp³-hybridized carbons (Fsp3) is 0.429. The number of allylic oxidation sites excluding steroid dienone is 2. The zero-order chi connectivity index (χ0) is 6.62. The zero-order valence-electron chi connectivity index (χ0n) is 5.39. The van der Waals surface area contributed by atoms with Gasteiger partial charge in [0.2, 0.25) is 0 Å². The Morgan fingerprint density at radius 3 is 2.12 bits per heavy atom. The minimum atomic E-state index is -0.700. The first-order valence-electron chi connectivity index (χ1n) is 2.59. The van der Waals surface area contributed by atoms with Gasteiger partial charge in [0.25, 0.3) is 0 Å². The summed E-state index contributed by atoms with van der Waals surface area (Å²) in [6.45, 7) is 6.90. The molecule has 0 atom stereocenters. The Morgan fingerprint density at radius 1 is 1.50 bits per heavy atom. The molecule has 0 aromatic heterocycles. The van der Waals surface area contributed by atoms with Crippen molar-refractivity contribution in [1.82, 2.24) is 0 Å². The van der Waals surface area contributed by atoms with E-state index in [9.17, 15) is 0 Å². The van der Waals surface area contributed by atoms with Crippen LogP contribution in [0.25, 0.3) is 0 Å². The van der Waals surface area contributed by atoms with E-state index in [1.807, 2.05) is 0 Å². The Kier molecular flexibility index (Phi) is 2.49. The fourth-order valence-corrected chi connectivity index (χ4v) is 0.304. The van der Waals surface area contributed by atoms with Crippen molar-refractivity contribution in [2.45, 2.75) is 19.4 Å². The maximum atomic E-state index is 9.01. The first kappa shape index (κ1) is 7.44. The summed E-state index contributed by atoms with van der Waals surface area (Å²) in [5.74, 6) is 0. The molecule has 0 radical (unpaired) electrons. The summed E-state index contributed by atoms with van der Waals surface area (Å²) in [5, 5.41) is 9.01. The van der Waals surface area contributed by atoms with Crippen molar-refractivity contribution < 1.29 is 5.11 Å². The summed E-state index contributed by atoms with van der Waals surface area (Å²) in [6.07, 6.45) is 5.04. The maximum absolute atomic E-state index is 9.01. The highest BCUT2D eigenvalue weighted by atomic mass is 16.3. The van der Waals surface area contributed by atoms with Crippen molar-refractivity contribution in [1.29, 1.82) is 0 Å². The SMILES string of the molecule is C=CC=CC(C)(C)O. The van der Waals surface area contributed by atoms with Crippen LogP contribution in [0.15, 0.2) is 24.8 Å². The molecule has 0 aromatic carbocycles. The molecule has 0 rings (SSSR count). The number of rotatable bonds is 2. The van der Waals surface area contributed by atoms with Crippen LogP contribution in [0.5, 0.6) is 0 Å². The highest BCUT2D eigenvalue weighted by Crippen LogP contribution is 2.01. The fourth-order valence-electron chi connectivity index (χ4n) is 0.304. The Hall–Kier alpha value is -0.560. The molecule has 0 aliphatic carbocycles. The first-order valence-corrected chi connectivity index (χ1v) is 2.59. The van der Waals surface area contributed by atoms with Gasteiger partial charge in [-0.05, 0) is 13.8 Å². The van der Waals surface area contributed by atoms with E-state index in [4.69, 9.17) is 5.11 Å². The molecule has 46 valence electrons. The van der Waals surface area contributed by atoms with Crippen LogP contribution >= 0.6 is 0 Å². The maximum Gasteiger partial charge on any atom is 0.0774 e. The van der Waals surface area contributed by atoms with E-state index in [0.717, 1.165) is 0 Å². The Bertz CT molecular complexity index is 95.4. The number of aliphatic hydroxyl groups is 1. The molecule has 0 bridgehead atoms. The Labute approximate surface area is 50.3 Å². The molecule has 8 heavy (non-hydrogen) atoms. The highest BCUT2D eigenvalue weighted by Gasteiger charge is 2.03. The van der Waals surface area contributed by atoms with Gasteiger partial charge in [-0.3, -0.25) is 0 Å². The molecule has 1 N–H and O–H groups in total. The third kappa shape index (κ3) is 5.44. The van der Waals surface area contributed by atoms with E-state index in [1.165, 1.54) is 0 Å². The summed E-state index contributed by atoms with van der Waals surface area (Å²) < 4.78 is 0. The van der Waals surface area contributed by atoms with Crippen molar-refractivity contribution in [3.8, 4) is 0 Å². The lowest BCUT2D eigenvalue weighted by atomic mass is 10.1. The molecule has 0 aliphatic heterocycles. The van der Waals surface area contributed by atoms with Gasteiger partial charge in [0, 0.05) is 0 Å². The van der Waals surface area contributed by atoms with Crippen LogP contribution in [-0.4, -0.2) is 10.7 Å². The molecule has 0 aliphatic rings. The molecule has 0 saturated carbocycles. The van der Waals surface area contributed by atoms with Crippen LogP contribution in [-0.2, 0) is 0 Å². The van der Waals surface area contributed by atoms with E-state index in [-0.39, 0.29) is 0 Å². The third-order valence-electron chi connectivity index (χ3n) is 0.640. The average Bonchev–Trinajstić information content (AvgIpc) is 1.59. The molecule has 1 nitrogen and oxygen atoms in total. The van der Waals surface area contributed by atoms with E-state index < -0.39 is 5.60 Å². The Balaban J connectivity index is 3.69. The van der Waals surface area contributed by atoms with Gasteiger partial charge in [-0.25, -0.2) is 0 Å². The van der Waals surface area contributed by atoms with E-state index in [1.54, 1.807) is 32.1 Å². The molecule has 0 spiro atoms. The van der Waals surface area contributed by atoms with Crippen molar-refractivity contribution in [2.24, 2.45) is 0 Å². The van der Waals surface area contributed by atoms with Crippen LogP contribution in [0.2, 0.25) is 0 Å². The van der Waals surface area contributed by atoms with Gasteiger partial charge in [0.15, 0.2) is 0 Å². The average molecular weight is 112 g/mol. The number of hydrogen-bond acceptors (Lipinski definition) is 1. The van der Waals surface area contributed by atoms with Gasteiger partial charge in [-0.2, -0.15) is 0 Å². The summed E-state index contributed by atoms with van der Waals surface area (Å²) in [5.41, 5.74) is -0.700. The van der Waals surface area contributed by atoms with Crippen LogP contribution in [0.3, 0.4) is 0 Å². The van der Waals surface area contributed by atoms with Gasteiger partial charge in [0.05, 0.1) is 5.60 Å². The smallest absolute Gasteiger partial charge is 0.0774 e. The molecule has 0 amide bonds. The molecule has 0 saturated heterocycles. The van der Waals surface area contributed by atoms with Gasteiger partial charge in [0.1, 0.15) is 0 Å². The van der Waals surface area contributed by atoms with E-state index >= 15 is 0 Å². The van der Waals surface area contributed by atoms with Gasteiger partial charge in [-0.15, -0.1) is 0 Å². The third-order valence-corrected chi connectivity index (χ3v) is 0.640. The zero-order valence-corrected chi connectivity index (χ0v) is 5.39. The Morgan fingerprint density at radius 2 is 2.00 bits per heavy atom. The molecule has 1 heteroatoms. The van der Waals surface area contributed by atoms with Crippen LogP contribution < -0.4 is 0 Å². The lowest BCUT2D eigenvalue weighted by Crippen LogP contribution is -2.13. The van der Waals surface area contributed by atoms with Crippen molar-refractivity contribution in [3.05, 3.63) is 24.8 Å². The highest BCUT2D eigenvalue weighted by molar-refractivity contribution is 5.04. The molecule has 0 aromatic rings. The van der Waals surface area contributed by atoms with Crippen LogP contribution in [0.1, 0.15) is 13.8 Å². The van der Waals surface area contributed by atoms with Crippen LogP contribution in [0, 0.1) is 0 Å². The lowest BCUT2D eigenvalue weighted by Gasteiger charge is -2.08. The predicted octanol–water partition coefficient (Wildman–Crippen LogP) is 1.50. The second-order valence-electron chi connectivity index (χ2n) is 2.25. The van der Waals surface area contributed by atoms with Gasteiger partial charge < -0.3 is 5.11 Å². The lowest BCUT2D eigenvalue weighted by molar-refractivity contribution is 0.133. The summed E-state index contributed by atoms with van der Waals surface area (Å²) >= 11 is 0. The van der Waals surface area contributed by atoms with Crippen molar-refractivity contribution in [2.75, 3.05) is 0 Å². The normalized spacial score (nSPS) is 12.4. The molecular formula is C7H12O. The van der Waals surface area contributed by atoms with E-state index in [0.29, 0.717) is 0 Å². The second-order valence-corrected chi connectivity index (χ2v) is 2.25. The van der Waals surface area contributed by atoms with Crippen molar-refractivity contribution >= 4 is 0 Å². The summed E-state index contributed by atoms with van der Waals surface area (Å²) in [7, 11) is 0. The van der Waals surface area contributed by atoms with E-state index in [2.05, 4.69) is 6.58 Å². The molecule has 0 heterocycles. The predicted molar refractivity (Wildman–Crippen MR) is 35.6 cm³/mol. The van der Waals surface area contributed by atoms with Crippen LogP contribution in [0.4, 0.5) is 0 Å². The summed E-state index contributed by atoms with van der Waals surface area (Å²) in [6, 6.07) is 0. The van der Waals surface area contributed by atoms with Crippen molar-refractivity contribution in [3.63, 3.8) is 0 Å². The molecular weight excluding hydrogens is 100 g/mol. The minimum Gasteiger partial charge on any atom is -0.386 e. The largest absolute Gasteiger partial charge is 0.386 e. The van der Waals surface area contributed by atoms with Gasteiger partial charge >= 0.3 is 0 Å².